The first-order valence-electron chi connectivity index (χ1n) is 16.0. The van der Waals surface area contributed by atoms with Gasteiger partial charge in [0.1, 0.15) is 12.2 Å². The maximum absolute atomic E-state index is 13.5. The van der Waals surface area contributed by atoms with E-state index in [1.54, 1.807) is 0 Å². The molecule has 10 heteroatoms. The van der Waals surface area contributed by atoms with Crippen LogP contribution in [0, 0.1) is 5.41 Å². The number of nitrogens with zero attached hydrogens (tertiary/aromatic N) is 1. The maximum Gasteiger partial charge on any atom is 0.416 e. The summed E-state index contributed by atoms with van der Waals surface area (Å²) in [7, 11) is -2.32. The van der Waals surface area contributed by atoms with Crippen LogP contribution in [0.2, 0.25) is 18.1 Å². The quantitative estimate of drug-likeness (QED) is 0.238. The Morgan fingerprint density at radius 1 is 1.04 bits per heavy atom. The number of esters is 1. The first-order chi connectivity index (χ1) is 20.7. The molecule has 6 nitrogen and oxygen atoms in total. The van der Waals surface area contributed by atoms with Crippen LogP contribution in [0.3, 0.4) is 0 Å². The van der Waals surface area contributed by atoms with E-state index >= 15 is 0 Å². The van der Waals surface area contributed by atoms with Crippen LogP contribution in [0.25, 0.3) is 0 Å². The number of aromatic nitrogens is 1. The molecule has 0 bridgehead atoms. The molecule has 2 aliphatic heterocycles. The Morgan fingerprint density at radius 3 is 2.16 bits per heavy atom. The molecule has 0 radical (unpaired) electrons. The van der Waals surface area contributed by atoms with Crippen molar-refractivity contribution in [1.29, 1.82) is 0 Å². The summed E-state index contributed by atoms with van der Waals surface area (Å²) < 4.78 is 66.9. The van der Waals surface area contributed by atoms with Gasteiger partial charge in [-0.2, -0.15) is 13.2 Å². The normalized spacial score (nSPS) is 24.4. The number of carbonyl (C=O) groups excluding carboxylic acids is 1. The molecule has 1 spiro atoms. The molecule has 1 aromatic heterocycles. The Bertz CT molecular complexity index is 1440. The summed E-state index contributed by atoms with van der Waals surface area (Å²) >= 11 is 0. The van der Waals surface area contributed by atoms with Gasteiger partial charge in [0.25, 0.3) is 0 Å². The van der Waals surface area contributed by atoms with Gasteiger partial charge >= 0.3 is 12.1 Å². The fourth-order valence-corrected chi connectivity index (χ4v) is 8.21. The zero-order valence-corrected chi connectivity index (χ0v) is 29.3. The number of rotatable bonds is 5. The molecule has 45 heavy (non-hydrogen) atoms. The fraction of sp³-hybridized carbons (Fsp3) is 0.657. The molecule has 1 aliphatic carbocycles. The zero-order valence-electron chi connectivity index (χ0n) is 28.3. The van der Waals surface area contributed by atoms with Gasteiger partial charge in [0, 0.05) is 55.2 Å². The molecule has 3 heterocycles. The van der Waals surface area contributed by atoms with Crippen LogP contribution in [-0.4, -0.2) is 32.5 Å². The van der Waals surface area contributed by atoms with Gasteiger partial charge < -0.3 is 18.6 Å². The molecule has 1 aromatic carbocycles. The van der Waals surface area contributed by atoms with Crippen molar-refractivity contribution in [3.05, 3.63) is 63.5 Å². The fourth-order valence-electron chi connectivity index (χ4n) is 6.94. The second-order valence-corrected chi connectivity index (χ2v) is 20.3. The van der Waals surface area contributed by atoms with Crippen molar-refractivity contribution in [2.45, 2.75) is 129 Å². The molecule has 1 fully saturated rings. The van der Waals surface area contributed by atoms with Gasteiger partial charge in [-0.25, -0.2) is 0 Å². The van der Waals surface area contributed by atoms with Gasteiger partial charge in [-0.15, -0.1) is 0 Å². The van der Waals surface area contributed by atoms with Gasteiger partial charge in [0.05, 0.1) is 23.0 Å². The smallest absolute Gasteiger partial charge is 0.416 e. The molecule has 1 unspecified atom stereocenters. The van der Waals surface area contributed by atoms with Crippen LogP contribution in [0.4, 0.5) is 13.2 Å². The van der Waals surface area contributed by atoms with Crippen molar-refractivity contribution in [1.82, 2.24) is 4.98 Å². The summed E-state index contributed by atoms with van der Waals surface area (Å²) in [6.07, 6.45) is -4.22. The van der Waals surface area contributed by atoms with Gasteiger partial charge in [0.15, 0.2) is 8.32 Å². The minimum absolute atomic E-state index is 0.0395. The van der Waals surface area contributed by atoms with E-state index in [1.165, 1.54) is 19.1 Å². The number of hydrogen-bond donors (Lipinski definition) is 0. The van der Waals surface area contributed by atoms with E-state index in [-0.39, 0.29) is 23.0 Å². The zero-order chi connectivity index (χ0) is 33.3. The summed E-state index contributed by atoms with van der Waals surface area (Å²) in [6.45, 7) is 21.8. The number of hydrogen-bond acceptors (Lipinski definition) is 6. The maximum atomic E-state index is 13.5. The monoisotopic (exact) mass is 647 g/mol. The number of carbonyl (C=O) groups is 1. The number of ether oxygens (including phenoxy) is 3. The molecule has 5 rings (SSSR count). The standard InChI is InChI=1S/C35H48F3NO5Si/c1-20(2)28-26-27(34(15-17-41-18-16-34)43-30(26)22-11-13-23(14-12-22)35(36,37)38)25-24(44-45(9,10)32(4,5)6)19-33(7,8)31(29(25)39-28)42-21(3)40/h11-14,20,24,30-31H,15-19H2,1-10H3/t24?,30-,31+/m1/s1. The molecule has 3 atom stereocenters. The van der Waals surface area contributed by atoms with E-state index in [4.69, 9.17) is 23.6 Å². The topological polar surface area (TPSA) is 66.9 Å². The highest BCUT2D eigenvalue weighted by atomic mass is 28.4. The molecule has 0 saturated carbocycles. The molecule has 0 amide bonds. The van der Waals surface area contributed by atoms with Crippen molar-refractivity contribution in [3.63, 3.8) is 0 Å². The Balaban J connectivity index is 1.83. The van der Waals surface area contributed by atoms with Gasteiger partial charge in [-0.1, -0.05) is 60.6 Å². The van der Waals surface area contributed by atoms with Gasteiger partial charge in [0.2, 0.25) is 0 Å². The summed E-state index contributed by atoms with van der Waals surface area (Å²) in [4.78, 5) is 17.9. The van der Waals surface area contributed by atoms with Crippen molar-refractivity contribution >= 4 is 14.3 Å². The summed E-state index contributed by atoms with van der Waals surface area (Å²) in [5.41, 5.74) is 3.04. The van der Waals surface area contributed by atoms with Gasteiger partial charge in [-0.3, -0.25) is 9.78 Å². The summed E-state index contributed by atoms with van der Waals surface area (Å²) in [6, 6.07) is 5.29. The number of fused-ring (bicyclic) bond motifs is 4. The molecule has 2 aromatic rings. The van der Waals surface area contributed by atoms with E-state index in [0.717, 1.165) is 34.5 Å². The lowest BCUT2D eigenvalue weighted by Crippen LogP contribution is -2.46. The highest BCUT2D eigenvalue weighted by Crippen LogP contribution is 2.61. The third-order valence-electron chi connectivity index (χ3n) is 10.3. The Labute approximate surface area is 266 Å². The average molecular weight is 648 g/mol. The number of halogens is 3. The average Bonchev–Trinajstić information content (AvgIpc) is 3.23. The summed E-state index contributed by atoms with van der Waals surface area (Å²) in [5, 5.41) is -0.0614. The predicted octanol–water partition coefficient (Wildman–Crippen LogP) is 9.45. The lowest BCUT2D eigenvalue weighted by molar-refractivity contribution is -0.156. The van der Waals surface area contributed by atoms with E-state index in [1.807, 2.05) is 0 Å². The summed E-state index contributed by atoms with van der Waals surface area (Å²) in [5.74, 6) is -0.418. The minimum atomic E-state index is -4.44. The van der Waals surface area contributed by atoms with Crippen LogP contribution in [-0.2, 0) is 35.2 Å². The van der Waals surface area contributed by atoms with Crippen molar-refractivity contribution in [2.75, 3.05) is 13.2 Å². The molecule has 3 aliphatic rings. The van der Waals surface area contributed by atoms with E-state index in [9.17, 15) is 18.0 Å². The SMILES string of the molecule is CC(=O)O[C@H]1c2nc(C(C)C)c3c(c2C(O[Si](C)(C)C(C)(C)C)CC1(C)C)C1(CCOCC1)O[C@@H]3c1ccc(C(F)(F)F)cc1. The van der Waals surface area contributed by atoms with Crippen LogP contribution in [0.15, 0.2) is 24.3 Å². The largest absolute Gasteiger partial charge is 0.455 e. The highest BCUT2D eigenvalue weighted by Gasteiger charge is 2.56. The van der Waals surface area contributed by atoms with E-state index in [0.29, 0.717) is 43.7 Å². The van der Waals surface area contributed by atoms with E-state index < -0.39 is 43.3 Å². The van der Waals surface area contributed by atoms with Crippen molar-refractivity contribution in [3.8, 4) is 0 Å². The Morgan fingerprint density at radius 2 is 1.64 bits per heavy atom. The number of alkyl halides is 3. The van der Waals surface area contributed by atoms with E-state index in [2.05, 4.69) is 61.6 Å². The second kappa shape index (κ2) is 11.5. The molecule has 1 saturated heterocycles. The lowest BCUT2D eigenvalue weighted by Gasteiger charge is -2.48. The minimum Gasteiger partial charge on any atom is -0.455 e. The molecule has 248 valence electrons. The first-order valence-corrected chi connectivity index (χ1v) is 19.0. The first kappa shape index (κ1) is 34.1. The Kier molecular flexibility index (Phi) is 8.67. The molecular weight excluding hydrogens is 599 g/mol. The Hall–Kier alpha value is -2.27. The molecular formula is C35H48F3NO5Si. The highest BCUT2D eigenvalue weighted by molar-refractivity contribution is 6.74. The van der Waals surface area contributed by atoms with Gasteiger partial charge in [-0.05, 0) is 53.7 Å². The van der Waals surface area contributed by atoms with Crippen LogP contribution in [0.1, 0.15) is 138 Å². The third kappa shape index (κ3) is 6.12. The molecule has 0 N–H and O–H groups in total. The second-order valence-electron chi connectivity index (χ2n) is 15.5. The van der Waals surface area contributed by atoms with Crippen LogP contribution >= 0.6 is 0 Å². The van der Waals surface area contributed by atoms with Crippen molar-refractivity contribution < 1.29 is 36.6 Å². The number of benzene rings is 1. The predicted molar refractivity (Wildman–Crippen MR) is 168 cm³/mol. The third-order valence-corrected chi connectivity index (χ3v) is 14.8. The van der Waals surface area contributed by atoms with Crippen molar-refractivity contribution in [2.24, 2.45) is 5.41 Å². The number of pyridine rings is 1. The lowest BCUT2D eigenvalue weighted by atomic mass is 9.68. The van der Waals surface area contributed by atoms with Crippen LogP contribution < -0.4 is 0 Å². The van der Waals surface area contributed by atoms with Crippen LogP contribution in [0.5, 0.6) is 0 Å².